The molecule has 2 aromatic carbocycles. The van der Waals surface area contributed by atoms with E-state index in [0.29, 0.717) is 32.8 Å². The van der Waals surface area contributed by atoms with Crippen LogP contribution in [0.1, 0.15) is 29.3 Å². The Labute approximate surface area is 208 Å². The largest absolute Gasteiger partial charge is 0.489 e. The van der Waals surface area contributed by atoms with E-state index in [1.165, 1.54) is 28.1 Å². The molecule has 0 unspecified atom stereocenters. The number of ether oxygens (including phenoxy) is 1. The molecule has 1 saturated heterocycles. The molecule has 0 N–H and O–H groups in total. The van der Waals surface area contributed by atoms with Crippen LogP contribution in [0.5, 0.6) is 5.75 Å². The van der Waals surface area contributed by atoms with Crippen LogP contribution in [0.3, 0.4) is 0 Å². The quantitative estimate of drug-likeness (QED) is 0.510. The van der Waals surface area contributed by atoms with Gasteiger partial charge >= 0.3 is 0 Å². The van der Waals surface area contributed by atoms with Crippen LogP contribution in [0.2, 0.25) is 0 Å². The van der Waals surface area contributed by atoms with E-state index in [9.17, 15) is 8.42 Å². The maximum absolute atomic E-state index is 11.8. The highest BCUT2D eigenvalue weighted by Crippen LogP contribution is 2.30. The molecule has 6 nitrogen and oxygen atoms in total. The van der Waals surface area contributed by atoms with Gasteiger partial charge in [-0.05, 0) is 78.3 Å². The number of piperazine rings is 1. The van der Waals surface area contributed by atoms with Crippen molar-refractivity contribution in [2.75, 3.05) is 37.3 Å². The van der Waals surface area contributed by atoms with Crippen LogP contribution in [-0.2, 0) is 29.5 Å². The van der Waals surface area contributed by atoms with Crippen LogP contribution < -0.4 is 9.64 Å². The summed E-state index contributed by atoms with van der Waals surface area (Å²) in [6.07, 6.45) is 3.57. The van der Waals surface area contributed by atoms with Gasteiger partial charge in [-0.15, -0.1) is 0 Å². The summed E-state index contributed by atoms with van der Waals surface area (Å²) < 4.78 is 31.2. The molecule has 1 aliphatic heterocycles. The standard InChI is InChI=1S/C28H33N3O3S/c1-20-15-23-7-8-26(18-25(23)16-20)34-19-22-5-4-6-24(17-22)27-9-10-28(29-21(27)2)30-11-13-31(14-12-30)35(3,32)33/h4-10,17-18,20H,11-16,19H2,1-3H3/t20-/m1/s1. The fraction of sp³-hybridized carbons (Fsp3) is 0.393. The summed E-state index contributed by atoms with van der Waals surface area (Å²) in [6, 6.07) is 19.1. The topological polar surface area (TPSA) is 62.7 Å². The van der Waals surface area contributed by atoms with Gasteiger partial charge in [0.1, 0.15) is 18.2 Å². The molecule has 0 saturated carbocycles. The molecular formula is C28H33N3O3S. The molecular weight excluding hydrogens is 458 g/mol. The third kappa shape index (κ3) is 5.36. The highest BCUT2D eigenvalue weighted by Gasteiger charge is 2.24. The minimum atomic E-state index is -3.14. The van der Waals surface area contributed by atoms with Crippen molar-refractivity contribution in [2.45, 2.75) is 33.3 Å². The van der Waals surface area contributed by atoms with Crippen molar-refractivity contribution in [1.29, 1.82) is 0 Å². The number of aromatic nitrogens is 1. The van der Waals surface area contributed by atoms with E-state index >= 15 is 0 Å². The molecule has 3 aromatic rings. The Bertz CT molecular complexity index is 1330. The summed E-state index contributed by atoms with van der Waals surface area (Å²) in [7, 11) is -3.14. The zero-order chi connectivity index (χ0) is 24.6. The van der Waals surface area contributed by atoms with Gasteiger partial charge in [0.25, 0.3) is 0 Å². The number of fused-ring (bicyclic) bond motifs is 1. The van der Waals surface area contributed by atoms with Crippen molar-refractivity contribution in [1.82, 2.24) is 9.29 Å². The third-order valence-corrected chi connectivity index (χ3v) is 8.36. The smallest absolute Gasteiger partial charge is 0.211 e. The van der Waals surface area contributed by atoms with Gasteiger partial charge in [0.05, 0.1) is 6.26 Å². The molecule has 0 amide bonds. The summed E-state index contributed by atoms with van der Waals surface area (Å²) in [4.78, 5) is 7.00. The lowest BCUT2D eigenvalue weighted by Crippen LogP contribution is -2.48. The van der Waals surface area contributed by atoms with Gasteiger partial charge in [0.15, 0.2) is 0 Å². The van der Waals surface area contributed by atoms with Gasteiger partial charge in [-0.25, -0.2) is 13.4 Å². The fourth-order valence-electron chi connectivity index (χ4n) is 5.18. The van der Waals surface area contributed by atoms with Gasteiger partial charge in [-0.3, -0.25) is 0 Å². The highest BCUT2D eigenvalue weighted by molar-refractivity contribution is 7.88. The normalized spacial score (nSPS) is 18.5. The van der Waals surface area contributed by atoms with Crippen molar-refractivity contribution in [3.8, 4) is 16.9 Å². The van der Waals surface area contributed by atoms with Gasteiger partial charge in [0.2, 0.25) is 10.0 Å². The predicted octanol–water partition coefficient (Wildman–Crippen LogP) is 4.45. The summed E-state index contributed by atoms with van der Waals surface area (Å²) in [6.45, 7) is 7.13. The third-order valence-electron chi connectivity index (χ3n) is 7.06. The first-order valence-corrected chi connectivity index (χ1v) is 14.1. The number of pyridine rings is 1. The monoisotopic (exact) mass is 491 g/mol. The van der Waals surface area contributed by atoms with Crippen LogP contribution in [-0.4, -0.2) is 50.1 Å². The Morgan fingerprint density at radius 2 is 1.74 bits per heavy atom. The number of sulfonamides is 1. The lowest BCUT2D eigenvalue weighted by Gasteiger charge is -2.34. The van der Waals surface area contributed by atoms with Gasteiger partial charge in [-0.2, -0.15) is 4.31 Å². The van der Waals surface area contributed by atoms with E-state index in [-0.39, 0.29) is 0 Å². The number of hydrogen-bond donors (Lipinski definition) is 0. The molecule has 0 radical (unpaired) electrons. The lowest BCUT2D eigenvalue weighted by molar-refractivity contribution is 0.306. The zero-order valence-corrected chi connectivity index (χ0v) is 21.5. The highest BCUT2D eigenvalue weighted by atomic mass is 32.2. The average Bonchev–Trinajstić information content (AvgIpc) is 3.21. The van der Waals surface area contributed by atoms with E-state index < -0.39 is 10.0 Å². The molecule has 0 spiro atoms. The number of anilines is 1. The summed E-state index contributed by atoms with van der Waals surface area (Å²) >= 11 is 0. The predicted molar refractivity (Wildman–Crippen MR) is 140 cm³/mol. The van der Waals surface area contributed by atoms with Gasteiger partial charge < -0.3 is 9.64 Å². The van der Waals surface area contributed by atoms with E-state index in [1.807, 2.05) is 13.0 Å². The second kappa shape index (κ2) is 9.63. The number of rotatable bonds is 6. The molecule has 2 heterocycles. The molecule has 1 aromatic heterocycles. The van der Waals surface area contributed by atoms with Crippen LogP contribution in [0.4, 0.5) is 5.82 Å². The molecule has 2 aliphatic rings. The lowest BCUT2D eigenvalue weighted by atomic mass is 10.0. The van der Waals surface area contributed by atoms with Crippen LogP contribution in [0.15, 0.2) is 54.6 Å². The Balaban J connectivity index is 1.26. The Hall–Kier alpha value is -2.90. The van der Waals surface area contributed by atoms with E-state index in [0.717, 1.165) is 46.3 Å². The zero-order valence-electron chi connectivity index (χ0n) is 20.7. The molecule has 35 heavy (non-hydrogen) atoms. The SMILES string of the molecule is Cc1nc(N2CCN(S(C)(=O)=O)CC2)ccc1-c1cccc(COc2ccc3c(c2)C[C@H](C)C3)c1. The first-order chi connectivity index (χ1) is 16.8. The van der Waals surface area contributed by atoms with E-state index in [2.05, 4.69) is 60.4 Å². The van der Waals surface area contributed by atoms with Gasteiger partial charge in [-0.1, -0.05) is 31.2 Å². The van der Waals surface area contributed by atoms with E-state index in [1.54, 1.807) is 0 Å². The van der Waals surface area contributed by atoms with Gasteiger partial charge in [0, 0.05) is 37.4 Å². The second-order valence-corrected chi connectivity index (χ2v) is 11.9. The fourth-order valence-corrected chi connectivity index (χ4v) is 6.00. The maximum Gasteiger partial charge on any atom is 0.211 e. The summed E-state index contributed by atoms with van der Waals surface area (Å²) in [5.41, 5.74) is 7.17. The van der Waals surface area contributed by atoms with Crippen molar-refractivity contribution >= 4 is 15.8 Å². The van der Waals surface area contributed by atoms with Crippen molar-refractivity contribution in [3.63, 3.8) is 0 Å². The number of benzene rings is 2. The first-order valence-electron chi connectivity index (χ1n) is 12.3. The summed E-state index contributed by atoms with van der Waals surface area (Å²) in [5.74, 6) is 2.54. The molecule has 1 aliphatic carbocycles. The van der Waals surface area contributed by atoms with Crippen molar-refractivity contribution < 1.29 is 13.2 Å². The Morgan fingerprint density at radius 1 is 0.971 bits per heavy atom. The number of nitrogens with zero attached hydrogens (tertiary/aromatic N) is 3. The minimum absolute atomic E-state index is 0.493. The molecule has 1 atom stereocenters. The molecule has 184 valence electrons. The molecule has 5 rings (SSSR count). The van der Waals surface area contributed by atoms with E-state index in [4.69, 9.17) is 9.72 Å². The average molecular weight is 492 g/mol. The first kappa shape index (κ1) is 23.8. The number of aryl methyl sites for hydroxylation is 1. The number of hydrogen-bond acceptors (Lipinski definition) is 5. The van der Waals surface area contributed by atoms with Crippen LogP contribution in [0, 0.1) is 12.8 Å². The second-order valence-electron chi connectivity index (χ2n) is 9.88. The van der Waals surface area contributed by atoms with Crippen molar-refractivity contribution in [3.05, 3.63) is 77.0 Å². The van der Waals surface area contributed by atoms with Crippen LogP contribution >= 0.6 is 0 Å². The minimum Gasteiger partial charge on any atom is -0.489 e. The molecule has 7 heteroatoms. The molecule has 1 fully saturated rings. The molecule has 0 bridgehead atoms. The Kier molecular flexibility index (Phi) is 6.55. The van der Waals surface area contributed by atoms with Crippen molar-refractivity contribution in [2.24, 2.45) is 5.92 Å². The Morgan fingerprint density at radius 3 is 2.49 bits per heavy atom. The maximum atomic E-state index is 11.8. The summed E-state index contributed by atoms with van der Waals surface area (Å²) in [5, 5.41) is 0. The van der Waals surface area contributed by atoms with Crippen LogP contribution in [0.25, 0.3) is 11.1 Å².